The summed E-state index contributed by atoms with van der Waals surface area (Å²) >= 11 is 12.2. The first-order chi connectivity index (χ1) is 9.29. The summed E-state index contributed by atoms with van der Waals surface area (Å²) in [4.78, 5) is 2.49. The lowest BCUT2D eigenvalue weighted by molar-refractivity contribution is -0.00872. The first-order valence-corrected chi connectivity index (χ1v) is 7.93. The highest BCUT2D eigenvalue weighted by Crippen LogP contribution is 2.35. The van der Waals surface area contributed by atoms with Crippen molar-refractivity contribution in [1.29, 1.82) is 0 Å². The van der Waals surface area contributed by atoms with E-state index in [4.69, 9.17) is 27.9 Å². The van der Waals surface area contributed by atoms with Crippen molar-refractivity contribution in [1.82, 2.24) is 0 Å². The fraction of sp³-hybridized carbons (Fsp3) is 0.600. The van der Waals surface area contributed by atoms with E-state index in [2.05, 4.69) is 11.0 Å². The molecule has 0 bridgehead atoms. The van der Waals surface area contributed by atoms with Crippen molar-refractivity contribution < 1.29 is 4.74 Å². The van der Waals surface area contributed by atoms with Crippen LogP contribution in [-0.4, -0.2) is 25.3 Å². The molecule has 2 fully saturated rings. The average molecular weight is 300 g/mol. The zero-order valence-corrected chi connectivity index (χ0v) is 12.5. The molecule has 0 amide bonds. The van der Waals surface area contributed by atoms with E-state index in [9.17, 15) is 0 Å². The number of rotatable bonds is 2. The third-order valence-corrected chi connectivity index (χ3v) is 4.75. The highest BCUT2D eigenvalue weighted by Gasteiger charge is 2.34. The second kappa shape index (κ2) is 5.90. The molecule has 2 aliphatic rings. The Hall–Kier alpha value is -0.440. The zero-order chi connectivity index (χ0) is 13.2. The molecule has 1 saturated heterocycles. The highest BCUT2D eigenvalue weighted by molar-refractivity contribution is 6.30. The summed E-state index contributed by atoms with van der Waals surface area (Å²) in [5.74, 6) is 0.505. The number of fused-ring (bicyclic) bond motifs is 1. The molecule has 0 N–H and O–H groups in total. The van der Waals surface area contributed by atoms with Crippen molar-refractivity contribution in [2.45, 2.75) is 43.7 Å². The van der Waals surface area contributed by atoms with Gasteiger partial charge in [0.15, 0.2) is 0 Å². The van der Waals surface area contributed by atoms with E-state index < -0.39 is 0 Å². The van der Waals surface area contributed by atoms with Crippen LogP contribution < -0.4 is 4.90 Å². The molecule has 3 rings (SSSR count). The quantitative estimate of drug-likeness (QED) is 0.758. The molecule has 0 radical (unpaired) electrons. The van der Waals surface area contributed by atoms with E-state index in [1.165, 1.54) is 31.4 Å². The van der Waals surface area contributed by atoms with Crippen LogP contribution in [0.3, 0.4) is 0 Å². The summed E-state index contributed by atoms with van der Waals surface area (Å²) in [6.07, 6.45) is 5.38. The summed E-state index contributed by atoms with van der Waals surface area (Å²) < 4.78 is 5.93. The fourth-order valence-corrected chi connectivity index (χ4v) is 3.75. The largest absolute Gasteiger partial charge is 0.374 e. The van der Waals surface area contributed by atoms with Crippen LogP contribution in [0, 0.1) is 0 Å². The van der Waals surface area contributed by atoms with Gasteiger partial charge in [-0.05, 0) is 36.6 Å². The van der Waals surface area contributed by atoms with Crippen LogP contribution in [0.2, 0.25) is 5.02 Å². The predicted molar refractivity (Wildman–Crippen MR) is 80.4 cm³/mol. The fourth-order valence-electron chi connectivity index (χ4n) is 3.34. The minimum Gasteiger partial charge on any atom is -0.374 e. The minimum absolute atomic E-state index is 0.390. The van der Waals surface area contributed by atoms with Gasteiger partial charge in [0.25, 0.3) is 0 Å². The molecule has 19 heavy (non-hydrogen) atoms. The molecule has 0 spiro atoms. The summed E-state index contributed by atoms with van der Waals surface area (Å²) in [5.41, 5.74) is 2.36. The minimum atomic E-state index is 0.390. The van der Waals surface area contributed by atoms with Gasteiger partial charge in [-0.2, -0.15) is 0 Å². The molecule has 1 aliphatic carbocycles. The first kappa shape index (κ1) is 13.5. The molecule has 1 heterocycles. The molecule has 1 saturated carbocycles. The number of alkyl halides is 1. The molecule has 104 valence electrons. The van der Waals surface area contributed by atoms with Crippen LogP contribution in [0.5, 0.6) is 0 Å². The molecule has 0 aromatic heterocycles. The second-order valence-electron chi connectivity index (χ2n) is 5.36. The zero-order valence-electron chi connectivity index (χ0n) is 10.9. The van der Waals surface area contributed by atoms with Gasteiger partial charge in [-0.25, -0.2) is 0 Å². The summed E-state index contributed by atoms with van der Waals surface area (Å²) in [6, 6.07) is 6.56. The smallest absolute Gasteiger partial charge is 0.0779 e. The van der Waals surface area contributed by atoms with Crippen molar-refractivity contribution in [3.63, 3.8) is 0 Å². The topological polar surface area (TPSA) is 12.5 Å². The van der Waals surface area contributed by atoms with Gasteiger partial charge >= 0.3 is 0 Å². The lowest BCUT2D eigenvalue weighted by Gasteiger charge is -2.45. The van der Waals surface area contributed by atoms with Crippen molar-refractivity contribution in [2.75, 3.05) is 18.1 Å². The predicted octanol–water partition coefficient (Wildman–Crippen LogP) is 4.23. The lowest BCUT2D eigenvalue weighted by atomic mass is 9.89. The maximum Gasteiger partial charge on any atom is 0.0779 e. The van der Waals surface area contributed by atoms with Crippen LogP contribution in [0.1, 0.15) is 31.2 Å². The van der Waals surface area contributed by atoms with Crippen LogP contribution in [0.25, 0.3) is 0 Å². The number of halogens is 2. The molecule has 1 aliphatic heterocycles. The molecule has 1 aromatic carbocycles. The maximum absolute atomic E-state index is 6.08. The number of morpholine rings is 1. The van der Waals surface area contributed by atoms with Gasteiger partial charge in [0.05, 0.1) is 18.8 Å². The van der Waals surface area contributed by atoms with Gasteiger partial charge in [0.2, 0.25) is 0 Å². The van der Waals surface area contributed by atoms with Gasteiger partial charge < -0.3 is 9.64 Å². The first-order valence-electron chi connectivity index (χ1n) is 7.02. The second-order valence-corrected chi connectivity index (χ2v) is 6.06. The summed E-state index contributed by atoms with van der Waals surface area (Å²) in [5, 5.41) is 0.757. The van der Waals surface area contributed by atoms with E-state index in [0.717, 1.165) is 23.7 Å². The number of benzene rings is 1. The van der Waals surface area contributed by atoms with Gasteiger partial charge in [-0.3, -0.25) is 0 Å². The summed E-state index contributed by atoms with van der Waals surface area (Å²) in [6.45, 7) is 1.76. The number of anilines is 1. The van der Waals surface area contributed by atoms with Crippen LogP contribution in [0.4, 0.5) is 5.69 Å². The standard InChI is InChI=1S/C15H19Cl2NO/c16-10-11-9-12(17)5-6-13(11)18-7-8-19-15-4-2-1-3-14(15)18/h5-6,9,14-15H,1-4,7-8,10H2. The van der Waals surface area contributed by atoms with Gasteiger partial charge in [0, 0.05) is 23.1 Å². The molecule has 1 aromatic rings. The Morgan fingerprint density at radius 1 is 1.26 bits per heavy atom. The van der Waals surface area contributed by atoms with Crippen molar-refractivity contribution in [3.05, 3.63) is 28.8 Å². The van der Waals surface area contributed by atoms with E-state index in [1.807, 2.05) is 12.1 Å². The van der Waals surface area contributed by atoms with Crippen LogP contribution in [-0.2, 0) is 10.6 Å². The van der Waals surface area contributed by atoms with E-state index in [-0.39, 0.29) is 0 Å². The third kappa shape index (κ3) is 2.72. The molecular formula is C15H19Cl2NO. The van der Waals surface area contributed by atoms with Crippen molar-refractivity contribution in [3.8, 4) is 0 Å². The molecular weight excluding hydrogens is 281 g/mol. The molecule has 2 unspecified atom stereocenters. The Kier molecular flexibility index (Phi) is 4.21. The maximum atomic E-state index is 6.08. The number of hydrogen-bond donors (Lipinski definition) is 0. The Bertz CT molecular complexity index is 450. The normalized spacial score (nSPS) is 27.2. The highest BCUT2D eigenvalue weighted by atomic mass is 35.5. The Balaban J connectivity index is 1.91. The summed E-state index contributed by atoms with van der Waals surface area (Å²) in [7, 11) is 0. The van der Waals surface area contributed by atoms with E-state index in [0.29, 0.717) is 18.0 Å². The average Bonchev–Trinajstić information content (AvgIpc) is 2.46. The van der Waals surface area contributed by atoms with E-state index >= 15 is 0 Å². The number of nitrogens with zero attached hydrogens (tertiary/aromatic N) is 1. The Labute approximate surface area is 124 Å². The van der Waals surface area contributed by atoms with Crippen molar-refractivity contribution >= 4 is 28.9 Å². The SMILES string of the molecule is ClCc1cc(Cl)ccc1N1CCOC2CCCCC21. The molecule has 2 atom stereocenters. The molecule has 4 heteroatoms. The Morgan fingerprint density at radius 3 is 2.95 bits per heavy atom. The van der Waals surface area contributed by atoms with Gasteiger partial charge in [0.1, 0.15) is 0 Å². The number of hydrogen-bond acceptors (Lipinski definition) is 2. The van der Waals surface area contributed by atoms with Crippen LogP contribution >= 0.6 is 23.2 Å². The Morgan fingerprint density at radius 2 is 2.11 bits per heavy atom. The van der Waals surface area contributed by atoms with E-state index in [1.54, 1.807) is 0 Å². The van der Waals surface area contributed by atoms with Gasteiger partial charge in [-0.1, -0.05) is 24.4 Å². The lowest BCUT2D eigenvalue weighted by Crippen LogP contribution is -2.53. The number of ether oxygens (including phenoxy) is 1. The third-order valence-electron chi connectivity index (χ3n) is 4.23. The monoisotopic (exact) mass is 299 g/mol. The molecule has 2 nitrogen and oxygen atoms in total. The van der Waals surface area contributed by atoms with Gasteiger partial charge in [-0.15, -0.1) is 11.6 Å². The van der Waals surface area contributed by atoms with Crippen LogP contribution in [0.15, 0.2) is 18.2 Å². The van der Waals surface area contributed by atoms with Crippen molar-refractivity contribution in [2.24, 2.45) is 0 Å².